The zero-order chi connectivity index (χ0) is 13.7. The standard InChI is InChI=1S/C14H22N2O2/c1-10(2)8-13(15)14(18)16(3)9-11-4-6-12(17)7-5-11/h4-7,10,13,17H,8-9,15H2,1-3H3/t13-/m0/s1. The Morgan fingerprint density at radius 3 is 2.39 bits per heavy atom. The molecule has 1 rings (SSSR count). The molecule has 0 spiro atoms. The summed E-state index contributed by atoms with van der Waals surface area (Å²) in [5, 5.41) is 9.19. The van der Waals surface area contributed by atoms with Crippen molar-refractivity contribution in [2.45, 2.75) is 32.9 Å². The van der Waals surface area contributed by atoms with E-state index >= 15 is 0 Å². The molecule has 0 saturated heterocycles. The average Bonchev–Trinajstić information content (AvgIpc) is 2.30. The third kappa shape index (κ3) is 4.37. The molecule has 0 saturated carbocycles. The molecule has 0 aliphatic rings. The van der Waals surface area contributed by atoms with Crippen LogP contribution in [0.5, 0.6) is 5.75 Å². The Morgan fingerprint density at radius 2 is 1.89 bits per heavy atom. The molecule has 100 valence electrons. The quantitative estimate of drug-likeness (QED) is 0.836. The Hall–Kier alpha value is -1.55. The number of carbonyl (C=O) groups excluding carboxylic acids is 1. The Kier molecular flexibility index (Phi) is 5.16. The zero-order valence-corrected chi connectivity index (χ0v) is 11.3. The van der Waals surface area contributed by atoms with Crippen molar-refractivity contribution < 1.29 is 9.90 Å². The smallest absolute Gasteiger partial charge is 0.239 e. The number of nitrogens with two attached hydrogens (primary N) is 1. The molecule has 4 heteroatoms. The van der Waals surface area contributed by atoms with E-state index < -0.39 is 6.04 Å². The van der Waals surface area contributed by atoms with Gasteiger partial charge in [0.05, 0.1) is 6.04 Å². The van der Waals surface area contributed by atoms with Gasteiger partial charge in [-0.05, 0) is 30.0 Å². The summed E-state index contributed by atoms with van der Waals surface area (Å²) >= 11 is 0. The van der Waals surface area contributed by atoms with E-state index in [0.717, 1.165) is 5.56 Å². The van der Waals surface area contributed by atoms with Gasteiger partial charge in [-0.3, -0.25) is 4.79 Å². The van der Waals surface area contributed by atoms with Crippen LogP contribution in [0.2, 0.25) is 0 Å². The minimum absolute atomic E-state index is 0.0447. The van der Waals surface area contributed by atoms with E-state index in [-0.39, 0.29) is 11.7 Å². The van der Waals surface area contributed by atoms with Crippen LogP contribution in [0.3, 0.4) is 0 Å². The van der Waals surface area contributed by atoms with Gasteiger partial charge in [0.1, 0.15) is 5.75 Å². The molecule has 0 bridgehead atoms. The fourth-order valence-corrected chi connectivity index (χ4v) is 1.84. The Labute approximate surface area is 108 Å². The van der Waals surface area contributed by atoms with Crippen molar-refractivity contribution in [2.24, 2.45) is 11.7 Å². The fraction of sp³-hybridized carbons (Fsp3) is 0.500. The molecule has 0 radical (unpaired) electrons. The van der Waals surface area contributed by atoms with Gasteiger partial charge in [-0.1, -0.05) is 26.0 Å². The van der Waals surface area contributed by atoms with Crippen molar-refractivity contribution in [2.75, 3.05) is 7.05 Å². The molecule has 0 aliphatic heterocycles. The lowest BCUT2D eigenvalue weighted by molar-refractivity contribution is -0.132. The number of aromatic hydroxyl groups is 1. The van der Waals surface area contributed by atoms with Crippen LogP contribution < -0.4 is 5.73 Å². The monoisotopic (exact) mass is 250 g/mol. The van der Waals surface area contributed by atoms with Crippen LogP contribution in [0, 0.1) is 5.92 Å². The molecule has 0 aromatic heterocycles. The summed E-state index contributed by atoms with van der Waals surface area (Å²) in [6.45, 7) is 4.60. The first-order valence-corrected chi connectivity index (χ1v) is 6.18. The Bertz CT molecular complexity index is 387. The molecule has 0 heterocycles. The van der Waals surface area contributed by atoms with Crippen molar-refractivity contribution in [3.8, 4) is 5.75 Å². The molecule has 1 aromatic carbocycles. The van der Waals surface area contributed by atoms with Gasteiger partial charge in [-0.15, -0.1) is 0 Å². The summed E-state index contributed by atoms with van der Waals surface area (Å²) < 4.78 is 0. The highest BCUT2D eigenvalue weighted by molar-refractivity contribution is 5.81. The predicted octanol–water partition coefficient (Wildman–Crippen LogP) is 1.72. The van der Waals surface area contributed by atoms with Gasteiger partial charge >= 0.3 is 0 Å². The van der Waals surface area contributed by atoms with Gasteiger partial charge in [0.25, 0.3) is 0 Å². The SMILES string of the molecule is CC(C)C[C@H](N)C(=O)N(C)Cc1ccc(O)cc1. The summed E-state index contributed by atoms with van der Waals surface area (Å²) in [7, 11) is 1.75. The van der Waals surface area contributed by atoms with Crippen molar-refractivity contribution in [3.63, 3.8) is 0 Å². The predicted molar refractivity (Wildman–Crippen MR) is 72.0 cm³/mol. The molecule has 0 unspecified atom stereocenters. The summed E-state index contributed by atoms with van der Waals surface area (Å²) in [5.41, 5.74) is 6.84. The highest BCUT2D eigenvalue weighted by atomic mass is 16.3. The minimum Gasteiger partial charge on any atom is -0.508 e. The van der Waals surface area contributed by atoms with Crippen molar-refractivity contribution in [1.29, 1.82) is 0 Å². The van der Waals surface area contributed by atoms with E-state index in [1.165, 1.54) is 0 Å². The van der Waals surface area contributed by atoms with Crippen molar-refractivity contribution in [3.05, 3.63) is 29.8 Å². The number of amides is 1. The largest absolute Gasteiger partial charge is 0.508 e. The van der Waals surface area contributed by atoms with E-state index in [9.17, 15) is 9.90 Å². The molecule has 4 nitrogen and oxygen atoms in total. The lowest BCUT2D eigenvalue weighted by Crippen LogP contribution is -2.42. The van der Waals surface area contributed by atoms with Crippen LogP contribution in [-0.4, -0.2) is 29.0 Å². The first-order valence-electron chi connectivity index (χ1n) is 6.18. The second-order valence-corrected chi connectivity index (χ2v) is 5.10. The molecule has 1 aromatic rings. The molecule has 1 atom stereocenters. The maximum absolute atomic E-state index is 12.0. The number of phenols is 1. The average molecular weight is 250 g/mol. The highest BCUT2D eigenvalue weighted by Gasteiger charge is 2.18. The molecule has 1 amide bonds. The number of hydrogen-bond acceptors (Lipinski definition) is 3. The van der Waals surface area contributed by atoms with E-state index in [1.54, 1.807) is 36.2 Å². The van der Waals surface area contributed by atoms with Crippen LogP contribution in [0.25, 0.3) is 0 Å². The van der Waals surface area contributed by atoms with Gasteiger partial charge < -0.3 is 15.7 Å². The molecular weight excluding hydrogens is 228 g/mol. The second kappa shape index (κ2) is 6.40. The highest BCUT2D eigenvalue weighted by Crippen LogP contribution is 2.12. The van der Waals surface area contributed by atoms with Gasteiger partial charge in [-0.2, -0.15) is 0 Å². The third-order valence-corrected chi connectivity index (χ3v) is 2.77. The topological polar surface area (TPSA) is 66.6 Å². The molecule has 3 N–H and O–H groups in total. The number of phenolic OH excluding ortho intramolecular Hbond substituents is 1. The number of benzene rings is 1. The second-order valence-electron chi connectivity index (χ2n) is 5.10. The lowest BCUT2D eigenvalue weighted by atomic mass is 10.0. The third-order valence-electron chi connectivity index (χ3n) is 2.77. The van der Waals surface area contributed by atoms with E-state index in [0.29, 0.717) is 18.9 Å². The molecule has 0 aliphatic carbocycles. The Morgan fingerprint density at radius 1 is 1.33 bits per heavy atom. The van der Waals surface area contributed by atoms with E-state index in [1.807, 2.05) is 13.8 Å². The first kappa shape index (κ1) is 14.5. The first-order chi connectivity index (χ1) is 8.40. The number of nitrogens with zero attached hydrogens (tertiary/aromatic N) is 1. The fourth-order valence-electron chi connectivity index (χ4n) is 1.84. The number of hydrogen-bond donors (Lipinski definition) is 2. The van der Waals surface area contributed by atoms with Crippen LogP contribution in [0.15, 0.2) is 24.3 Å². The van der Waals surface area contributed by atoms with Crippen molar-refractivity contribution in [1.82, 2.24) is 4.90 Å². The maximum atomic E-state index is 12.0. The zero-order valence-electron chi connectivity index (χ0n) is 11.3. The van der Waals surface area contributed by atoms with Gasteiger partial charge in [0.2, 0.25) is 5.91 Å². The summed E-state index contributed by atoms with van der Waals surface area (Å²) in [6.07, 6.45) is 0.693. The Balaban J connectivity index is 2.56. The van der Waals surface area contributed by atoms with Crippen LogP contribution in [-0.2, 0) is 11.3 Å². The lowest BCUT2D eigenvalue weighted by Gasteiger charge is -2.22. The summed E-state index contributed by atoms with van der Waals surface area (Å²) in [4.78, 5) is 13.6. The van der Waals surface area contributed by atoms with Gasteiger partial charge in [0.15, 0.2) is 0 Å². The van der Waals surface area contributed by atoms with E-state index in [4.69, 9.17) is 5.73 Å². The minimum atomic E-state index is -0.438. The van der Waals surface area contributed by atoms with Gasteiger partial charge in [0, 0.05) is 13.6 Å². The summed E-state index contributed by atoms with van der Waals surface area (Å²) in [6, 6.07) is 6.39. The van der Waals surface area contributed by atoms with E-state index in [2.05, 4.69) is 0 Å². The normalized spacial score (nSPS) is 12.5. The van der Waals surface area contributed by atoms with Crippen molar-refractivity contribution >= 4 is 5.91 Å². The molecular formula is C14H22N2O2. The molecule has 0 fully saturated rings. The number of carbonyl (C=O) groups is 1. The number of likely N-dealkylation sites (N-methyl/N-ethyl adjacent to an activating group) is 1. The maximum Gasteiger partial charge on any atom is 0.239 e. The molecule has 18 heavy (non-hydrogen) atoms. The van der Waals surface area contributed by atoms with Crippen LogP contribution in [0.1, 0.15) is 25.8 Å². The summed E-state index contributed by atoms with van der Waals surface area (Å²) in [5.74, 6) is 0.590. The van der Waals surface area contributed by atoms with Gasteiger partial charge in [-0.25, -0.2) is 0 Å². The van der Waals surface area contributed by atoms with Crippen LogP contribution >= 0.6 is 0 Å². The van der Waals surface area contributed by atoms with Crippen LogP contribution in [0.4, 0.5) is 0 Å². The number of rotatable bonds is 5.